The Morgan fingerprint density at radius 1 is 1.02 bits per heavy atom. The third-order valence-corrected chi connectivity index (χ3v) is 11.4. The number of fused-ring (bicyclic) bond motifs is 1. The Morgan fingerprint density at radius 3 is 2.27 bits per heavy atom. The summed E-state index contributed by atoms with van der Waals surface area (Å²) in [6.07, 6.45) is 3.14. The van der Waals surface area contributed by atoms with Crippen LogP contribution in [0, 0.1) is 5.41 Å². The largest absolute Gasteiger partial charge is 0.483 e. The van der Waals surface area contributed by atoms with Crippen LogP contribution in [0.5, 0.6) is 5.75 Å². The maximum atomic E-state index is 14.2. The molecule has 0 saturated carbocycles. The molecule has 260 valence electrons. The maximum absolute atomic E-state index is 14.2. The van der Waals surface area contributed by atoms with E-state index in [0.29, 0.717) is 29.1 Å². The molecule has 1 aliphatic heterocycles. The topological polar surface area (TPSA) is 166 Å². The van der Waals surface area contributed by atoms with Gasteiger partial charge in [-0.3, -0.25) is 9.59 Å². The zero-order valence-electron chi connectivity index (χ0n) is 27.5. The lowest BCUT2D eigenvalue weighted by molar-refractivity contribution is -0.134. The molecule has 0 bridgehead atoms. The Bertz CT molecular complexity index is 1640. The summed E-state index contributed by atoms with van der Waals surface area (Å²) in [7, 11) is -3.79. The molecule has 1 aliphatic rings. The number of carbonyl (C=O) groups excluding carboxylic acids is 2. The average Bonchev–Trinajstić information content (AvgIpc) is 3.19. The van der Waals surface area contributed by atoms with Crippen LogP contribution < -0.4 is 20.3 Å². The summed E-state index contributed by atoms with van der Waals surface area (Å²) in [5.74, 6) is -1.25. The summed E-state index contributed by atoms with van der Waals surface area (Å²) in [4.78, 5) is 29.2. The second-order valence-corrected chi connectivity index (χ2v) is 14.8. The van der Waals surface area contributed by atoms with Crippen molar-refractivity contribution in [2.24, 2.45) is 5.41 Å². The smallest absolute Gasteiger partial charge is 0.258 e. The standard InChI is InChI=1S/C35H45N3O8S2/c1-4-6-17-35(5-2)22-38(25-15-11-8-12-16-25)27-18-29(47-3)28(19-30(27)48(44,45)23-35)46-21-31(40)37-32(24-13-9-7-10-14-24)33(41)36-26(20-39)34(42)43/h7-16,18-19,26,32,34,39,42-43H,4-6,17,20-23H2,1-3H3,(H,36,41)(H,37,40)/t26?,32-,35?/m1/s1. The van der Waals surface area contributed by atoms with Gasteiger partial charge in [-0.25, -0.2) is 8.42 Å². The Labute approximate surface area is 286 Å². The first-order chi connectivity index (χ1) is 23.0. The minimum atomic E-state index is -3.79. The van der Waals surface area contributed by atoms with Crippen LogP contribution in [0.3, 0.4) is 0 Å². The average molecular weight is 700 g/mol. The molecule has 48 heavy (non-hydrogen) atoms. The molecule has 1 heterocycles. The van der Waals surface area contributed by atoms with Gasteiger partial charge < -0.3 is 35.6 Å². The van der Waals surface area contributed by atoms with Crippen molar-refractivity contribution in [3.63, 3.8) is 0 Å². The summed E-state index contributed by atoms with van der Waals surface area (Å²) in [6, 6.07) is 18.7. The first kappa shape index (κ1) is 37.2. The summed E-state index contributed by atoms with van der Waals surface area (Å²) in [5.41, 5.74) is 1.38. The molecule has 0 saturated heterocycles. The van der Waals surface area contributed by atoms with Gasteiger partial charge in [0.15, 0.2) is 22.7 Å². The highest BCUT2D eigenvalue weighted by Gasteiger charge is 2.42. The molecule has 0 spiro atoms. The SMILES string of the molecule is CCCCC1(CC)CN(c2ccccc2)c2cc(SC)c(OCC(=O)N[C@@H](C(=O)NC(CO)C(O)O)c3ccccc3)cc2S(=O)(=O)C1. The highest BCUT2D eigenvalue weighted by atomic mass is 32.2. The number of anilines is 2. The number of carbonyl (C=O) groups is 2. The van der Waals surface area contributed by atoms with Gasteiger partial charge >= 0.3 is 0 Å². The molecule has 3 aromatic carbocycles. The van der Waals surface area contributed by atoms with Gasteiger partial charge in [0.1, 0.15) is 17.8 Å². The van der Waals surface area contributed by atoms with Gasteiger partial charge in [-0.2, -0.15) is 0 Å². The van der Waals surface area contributed by atoms with Crippen LogP contribution in [-0.2, 0) is 19.4 Å². The van der Waals surface area contributed by atoms with E-state index in [9.17, 15) is 33.3 Å². The number of rotatable bonds is 15. The maximum Gasteiger partial charge on any atom is 0.258 e. The third-order valence-electron chi connectivity index (χ3n) is 8.68. The summed E-state index contributed by atoms with van der Waals surface area (Å²) < 4.78 is 34.3. The number of ether oxygens (including phenoxy) is 1. The van der Waals surface area contributed by atoms with Crippen LogP contribution in [0.15, 0.2) is 82.6 Å². The molecule has 3 aromatic rings. The second kappa shape index (κ2) is 16.7. The lowest BCUT2D eigenvalue weighted by Gasteiger charge is -2.36. The number of unbranched alkanes of at least 4 members (excludes halogenated alkanes) is 1. The highest BCUT2D eigenvalue weighted by Crippen LogP contribution is 2.47. The molecule has 13 heteroatoms. The fourth-order valence-corrected chi connectivity index (χ4v) is 8.64. The van der Waals surface area contributed by atoms with Gasteiger partial charge in [0, 0.05) is 23.7 Å². The number of nitrogens with zero attached hydrogens (tertiary/aromatic N) is 1. The van der Waals surface area contributed by atoms with E-state index in [0.717, 1.165) is 24.9 Å². The lowest BCUT2D eigenvalue weighted by Crippen LogP contribution is -2.50. The first-order valence-corrected chi connectivity index (χ1v) is 18.9. The monoisotopic (exact) mass is 699 g/mol. The Hall–Kier alpha value is -3.62. The lowest BCUT2D eigenvalue weighted by atomic mass is 9.81. The minimum absolute atomic E-state index is 0.0172. The van der Waals surface area contributed by atoms with Crippen LogP contribution in [0.2, 0.25) is 0 Å². The van der Waals surface area contributed by atoms with E-state index >= 15 is 0 Å². The van der Waals surface area contributed by atoms with E-state index in [1.54, 1.807) is 36.4 Å². The second-order valence-electron chi connectivity index (χ2n) is 12.0. The molecule has 2 amide bonds. The Balaban J connectivity index is 1.66. The van der Waals surface area contributed by atoms with Crippen LogP contribution >= 0.6 is 11.8 Å². The molecular formula is C35H45N3O8S2. The van der Waals surface area contributed by atoms with Crippen molar-refractivity contribution in [3.8, 4) is 5.75 Å². The summed E-state index contributed by atoms with van der Waals surface area (Å²) in [6.45, 7) is 3.41. The fraction of sp³-hybridized carbons (Fsp3) is 0.429. The van der Waals surface area contributed by atoms with E-state index in [-0.39, 0.29) is 16.4 Å². The first-order valence-electron chi connectivity index (χ1n) is 16.0. The molecule has 3 atom stereocenters. The van der Waals surface area contributed by atoms with Crippen molar-refractivity contribution < 1.29 is 38.1 Å². The molecule has 2 unspecified atom stereocenters. The molecular weight excluding hydrogens is 655 g/mol. The normalized spacial score (nSPS) is 18.4. The Kier molecular flexibility index (Phi) is 12.9. The minimum Gasteiger partial charge on any atom is -0.483 e. The van der Waals surface area contributed by atoms with Crippen LogP contribution in [0.4, 0.5) is 11.4 Å². The number of thioether (sulfide) groups is 1. The van der Waals surface area contributed by atoms with Crippen LogP contribution in [-0.4, -0.2) is 79.7 Å². The van der Waals surface area contributed by atoms with Gasteiger partial charge in [-0.1, -0.05) is 75.2 Å². The van der Waals surface area contributed by atoms with Gasteiger partial charge in [0.05, 0.1) is 27.8 Å². The van der Waals surface area contributed by atoms with Gasteiger partial charge in [0.2, 0.25) is 5.91 Å². The molecule has 0 aromatic heterocycles. The molecule has 11 nitrogen and oxygen atoms in total. The van der Waals surface area contributed by atoms with Crippen molar-refractivity contribution in [2.75, 3.05) is 36.7 Å². The molecule has 5 N–H and O–H groups in total. The van der Waals surface area contributed by atoms with Crippen molar-refractivity contribution in [1.82, 2.24) is 10.6 Å². The zero-order valence-corrected chi connectivity index (χ0v) is 29.1. The number of aliphatic hydroxyl groups is 3. The van der Waals surface area contributed by atoms with Gasteiger partial charge in [-0.05, 0) is 42.9 Å². The number of hydrogen-bond acceptors (Lipinski definition) is 10. The number of nitrogens with one attached hydrogen (secondary N) is 2. The fourth-order valence-electron chi connectivity index (χ4n) is 5.91. The summed E-state index contributed by atoms with van der Waals surface area (Å²) in [5, 5.41) is 33.4. The number of amides is 2. The van der Waals surface area contributed by atoms with E-state index in [1.807, 2.05) is 43.5 Å². The predicted molar refractivity (Wildman–Crippen MR) is 186 cm³/mol. The molecule has 4 rings (SSSR count). The molecule has 0 aliphatic carbocycles. The van der Waals surface area contributed by atoms with Gasteiger partial charge in [0.25, 0.3) is 5.91 Å². The van der Waals surface area contributed by atoms with Crippen LogP contribution in [0.1, 0.15) is 51.1 Å². The highest BCUT2D eigenvalue weighted by molar-refractivity contribution is 7.98. The van der Waals surface area contributed by atoms with E-state index in [4.69, 9.17) is 4.74 Å². The quantitative estimate of drug-likeness (QED) is 0.116. The number of benzene rings is 3. The number of para-hydroxylation sites is 1. The van der Waals surface area contributed by atoms with Crippen molar-refractivity contribution in [1.29, 1.82) is 0 Å². The summed E-state index contributed by atoms with van der Waals surface area (Å²) >= 11 is 1.36. The number of hydrogen-bond donors (Lipinski definition) is 5. The van der Waals surface area contributed by atoms with Crippen molar-refractivity contribution >= 4 is 44.8 Å². The van der Waals surface area contributed by atoms with E-state index in [2.05, 4.69) is 22.5 Å². The predicted octanol–water partition coefficient (Wildman–Crippen LogP) is 3.94. The van der Waals surface area contributed by atoms with Gasteiger partial charge in [-0.15, -0.1) is 11.8 Å². The molecule has 0 radical (unpaired) electrons. The third kappa shape index (κ3) is 8.88. The Morgan fingerprint density at radius 2 is 1.69 bits per heavy atom. The van der Waals surface area contributed by atoms with Crippen molar-refractivity contribution in [2.45, 2.75) is 67.7 Å². The van der Waals surface area contributed by atoms with E-state index < -0.39 is 58.7 Å². The number of aliphatic hydroxyl groups excluding tert-OH is 2. The molecule has 0 fully saturated rings. The zero-order chi connectivity index (χ0) is 34.9. The van der Waals surface area contributed by atoms with Crippen molar-refractivity contribution in [3.05, 3.63) is 78.4 Å². The van der Waals surface area contributed by atoms with Crippen LogP contribution in [0.25, 0.3) is 0 Å². The number of sulfone groups is 1. The van der Waals surface area contributed by atoms with E-state index in [1.165, 1.54) is 17.8 Å².